The maximum absolute atomic E-state index is 2.70. The second kappa shape index (κ2) is 16.5. The van der Waals surface area contributed by atoms with Crippen molar-refractivity contribution in [1.82, 2.24) is 0 Å². The van der Waals surface area contributed by atoms with Gasteiger partial charge in [-0.05, 0) is 228 Å². The highest BCUT2D eigenvalue weighted by molar-refractivity contribution is 6.01. The highest BCUT2D eigenvalue weighted by Gasteiger charge is 2.62. The monoisotopic (exact) mass is 1010 g/mol. The van der Waals surface area contributed by atoms with E-state index in [0.29, 0.717) is 11.8 Å². The van der Waals surface area contributed by atoms with E-state index in [9.17, 15) is 0 Å². The Morgan fingerprint density at radius 1 is 0.346 bits per heavy atom. The van der Waals surface area contributed by atoms with Crippen LogP contribution in [0.5, 0.6) is 0 Å². The minimum Gasteiger partial charge on any atom is -0.310 e. The van der Waals surface area contributed by atoms with E-state index in [1.165, 1.54) is 144 Å². The number of benzene rings is 9. The van der Waals surface area contributed by atoms with E-state index in [1.807, 2.05) is 0 Å². The Hall–Kier alpha value is -7.16. The molecule has 4 fully saturated rings. The molecule has 0 aromatic heterocycles. The van der Waals surface area contributed by atoms with Gasteiger partial charge in [-0.15, -0.1) is 0 Å². The van der Waals surface area contributed by atoms with Crippen LogP contribution < -0.4 is 9.80 Å². The van der Waals surface area contributed by atoms with Gasteiger partial charge in [-0.1, -0.05) is 178 Å². The lowest BCUT2D eigenvalue weighted by Crippen LogP contribution is -2.55. The lowest BCUT2D eigenvalue weighted by atomic mass is 9.43. The summed E-state index contributed by atoms with van der Waals surface area (Å²) in [5.74, 6) is 2.85. The molecule has 4 saturated carbocycles. The SMILES string of the molecule is CC(C)(C)c1ccc(N(c2ccc3c(c2)C(C)(C)c2ccccc2-3)c2ccc3c(c2)C2(c4c-3ccc3ccc(N(c5ccc(C(C)(C)C)cc5)c5ccc6c(c5)C(C)(C)c5ccccc5-6)cc43)C3CC4CC(C3)CC2C4)cc1. The summed E-state index contributed by atoms with van der Waals surface area (Å²) in [4.78, 5) is 5.15. The van der Waals surface area contributed by atoms with Gasteiger partial charge < -0.3 is 9.80 Å². The molecule has 0 unspecified atom stereocenters. The van der Waals surface area contributed by atoms with Crippen molar-refractivity contribution in [3.05, 3.63) is 226 Å². The molecule has 9 aromatic carbocycles. The van der Waals surface area contributed by atoms with Crippen molar-refractivity contribution in [3.63, 3.8) is 0 Å². The quantitative estimate of drug-likeness (QED) is 0.164. The van der Waals surface area contributed by atoms with Gasteiger partial charge in [0.1, 0.15) is 0 Å². The van der Waals surface area contributed by atoms with E-state index in [2.05, 4.69) is 261 Å². The third kappa shape index (κ3) is 6.80. The summed E-state index contributed by atoms with van der Waals surface area (Å²) in [6, 6.07) is 71.8. The smallest absolute Gasteiger partial charge is 0.0468 e. The van der Waals surface area contributed by atoms with E-state index in [1.54, 1.807) is 11.1 Å². The van der Waals surface area contributed by atoms with Gasteiger partial charge in [0.05, 0.1) is 0 Å². The van der Waals surface area contributed by atoms with E-state index < -0.39 is 0 Å². The minimum atomic E-state index is -0.112. The van der Waals surface area contributed by atoms with Crippen LogP contribution in [0, 0.1) is 23.7 Å². The Balaban J connectivity index is 0.926. The molecule has 1 spiro atoms. The molecule has 16 rings (SSSR count). The van der Waals surface area contributed by atoms with Gasteiger partial charge in [0.15, 0.2) is 0 Å². The van der Waals surface area contributed by atoms with Gasteiger partial charge in [0, 0.05) is 50.4 Å². The number of hydrogen-bond donors (Lipinski definition) is 0. The second-order valence-electron chi connectivity index (χ2n) is 27.9. The molecule has 0 saturated heterocycles. The van der Waals surface area contributed by atoms with Crippen LogP contribution in [0.2, 0.25) is 0 Å². The van der Waals surface area contributed by atoms with Crippen LogP contribution in [-0.2, 0) is 27.1 Å². The van der Waals surface area contributed by atoms with E-state index in [-0.39, 0.29) is 27.1 Å². The molecular weight excluding hydrogens is 941 g/mol. The zero-order valence-electron chi connectivity index (χ0n) is 47.6. The number of rotatable bonds is 6. The van der Waals surface area contributed by atoms with Crippen molar-refractivity contribution in [2.24, 2.45) is 23.7 Å². The summed E-state index contributed by atoms with van der Waals surface area (Å²) in [6.45, 7) is 23.6. The number of anilines is 6. The standard InChI is InChI=1S/C76H74N2/c1-72(2,3)49-21-26-53(27-22-49)77(56-30-34-61-59-15-11-13-17-66(59)74(7,8)68(61)43-56)55-25-19-48-20-33-64-63-36-32-58(45-70(63)76(71(64)65(48)42-55)51-38-46-37-47(40-51)41-52(76)39-46)78(54-28-23-50(24-29-54)73(4,5)6)57-31-35-62-60-16-12-14-18-67(60)75(9,10)69(62)44-57/h11-36,42-47,51-52H,37-41H2,1-10H3. The second-order valence-corrected chi connectivity index (χ2v) is 27.9. The summed E-state index contributed by atoms with van der Waals surface area (Å²) in [6.07, 6.45) is 6.72. The van der Waals surface area contributed by atoms with Crippen molar-refractivity contribution in [2.75, 3.05) is 9.80 Å². The molecule has 2 heteroatoms. The molecule has 2 nitrogen and oxygen atoms in total. The third-order valence-electron chi connectivity index (χ3n) is 20.7. The average molecular weight is 1020 g/mol. The van der Waals surface area contributed by atoms with Crippen LogP contribution in [0.15, 0.2) is 182 Å². The van der Waals surface area contributed by atoms with Crippen LogP contribution in [-0.4, -0.2) is 0 Å². The molecule has 0 amide bonds. The summed E-state index contributed by atoms with van der Waals surface area (Å²) in [5, 5.41) is 2.77. The van der Waals surface area contributed by atoms with Crippen molar-refractivity contribution >= 4 is 44.9 Å². The fourth-order valence-electron chi connectivity index (χ4n) is 17.1. The molecule has 4 bridgehead atoms. The van der Waals surface area contributed by atoms with Crippen molar-refractivity contribution in [3.8, 4) is 33.4 Å². The van der Waals surface area contributed by atoms with Crippen LogP contribution in [0.4, 0.5) is 34.1 Å². The zero-order chi connectivity index (χ0) is 53.4. The van der Waals surface area contributed by atoms with Crippen LogP contribution in [0.3, 0.4) is 0 Å². The van der Waals surface area contributed by atoms with Gasteiger partial charge in [-0.25, -0.2) is 0 Å². The molecule has 0 atom stereocenters. The van der Waals surface area contributed by atoms with Gasteiger partial charge >= 0.3 is 0 Å². The molecule has 0 N–H and O–H groups in total. The summed E-state index contributed by atoms with van der Waals surface area (Å²) in [7, 11) is 0. The molecule has 0 heterocycles. The zero-order valence-corrected chi connectivity index (χ0v) is 47.6. The lowest BCUT2D eigenvalue weighted by Gasteiger charge is -2.61. The van der Waals surface area contributed by atoms with Gasteiger partial charge in [-0.2, -0.15) is 0 Å². The molecular formula is C76H74N2. The highest BCUT2D eigenvalue weighted by Crippen LogP contribution is 2.71. The topological polar surface area (TPSA) is 6.48 Å². The summed E-state index contributed by atoms with van der Waals surface area (Å²) >= 11 is 0. The Morgan fingerprint density at radius 3 is 1.17 bits per heavy atom. The number of nitrogens with zero attached hydrogens (tertiary/aromatic N) is 2. The Bertz CT molecular complexity index is 3920. The van der Waals surface area contributed by atoms with Gasteiger partial charge in [-0.3, -0.25) is 0 Å². The first-order valence-electron chi connectivity index (χ1n) is 29.4. The van der Waals surface area contributed by atoms with Crippen molar-refractivity contribution < 1.29 is 0 Å². The predicted octanol–water partition coefficient (Wildman–Crippen LogP) is 20.7. The molecule has 78 heavy (non-hydrogen) atoms. The predicted molar refractivity (Wildman–Crippen MR) is 329 cm³/mol. The van der Waals surface area contributed by atoms with Crippen LogP contribution in [0.1, 0.15) is 146 Å². The molecule has 7 aliphatic carbocycles. The molecule has 0 aliphatic heterocycles. The Kier molecular flexibility index (Phi) is 10.1. The molecule has 388 valence electrons. The van der Waals surface area contributed by atoms with Crippen molar-refractivity contribution in [1.29, 1.82) is 0 Å². The first kappa shape index (κ1) is 48.0. The van der Waals surface area contributed by atoms with E-state index in [4.69, 9.17) is 0 Å². The fraction of sp³-hybridized carbons (Fsp3) is 0.316. The molecule has 7 aliphatic rings. The van der Waals surface area contributed by atoms with Crippen molar-refractivity contribution in [2.45, 2.75) is 128 Å². The first-order chi connectivity index (χ1) is 37.4. The fourth-order valence-corrected chi connectivity index (χ4v) is 17.1. The first-order valence-corrected chi connectivity index (χ1v) is 29.4. The normalized spacial score (nSPS) is 22.2. The van der Waals surface area contributed by atoms with E-state index >= 15 is 0 Å². The van der Waals surface area contributed by atoms with E-state index in [0.717, 1.165) is 11.8 Å². The maximum Gasteiger partial charge on any atom is 0.0468 e. The lowest BCUT2D eigenvalue weighted by molar-refractivity contribution is -0.0393. The number of hydrogen-bond acceptors (Lipinski definition) is 2. The van der Waals surface area contributed by atoms with Gasteiger partial charge in [0.25, 0.3) is 0 Å². The maximum atomic E-state index is 2.70. The summed E-state index contributed by atoms with van der Waals surface area (Å²) < 4.78 is 0. The highest BCUT2D eigenvalue weighted by atomic mass is 15.1. The Morgan fingerprint density at radius 2 is 0.705 bits per heavy atom. The van der Waals surface area contributed by atoms with Crippen LogP contribution >= 0.6 is 0 Å². The number of fused-ring (bicyclic) bond motifs is 11. The summed E-state index contributed by atoms with van der Waals surface area (Å²) in [5.41, 5.74) is 26.9. The molecule has 0 radical (unpaired) electrons. The Labute approximate surface area is 464 Å². The molecule has 9 aromatic rings. The minimum absolute atomic E-state index is 0.0522. The largest absolute Gasteiger partial charge is 0.310 e. The van der Waals surface area contributed by atoms with Crippen LogP contribution in [0.25, 0.3) is 44.2 Å². The van der Waals surface area contributed by atoms with Gasteiger partial charge in [0.2, 0.25) is 0 Å². The third-order valence-corrected chi connectivity index (χ3v) is 20.7. The average Bonchev–Trinajstić information content (AvgIpc) is 3.99.